The van der Waals surface area contributed by atoms with Gasteiger partial charge in [0.15, 0.2) is 0 Å². The van der Waals surface area contributed by atoms with Gasteiger partial charge >= 0.3 is 6.09 Å². The highest BCUT2D eigenvalue weighted by Gasteiger charge is 2.26. The second kappa shape index (κ2) is 6.92. The summed E-state index contributed by atoms with van der Waals surface area (Å²) in [5, 5.41) is 13.3. The van der Waals surface area contributed by atoms with Gasteiger partial charge in [-0.3, -0.25) is 10.1 Å². The molecular formula is C14H20N2O5. The number of nitrogens with zero attached hydrogens (tertiary/aromatic N) is 1. The van der Waals surface area contributed by atoms with E-state index in [1.807, 2.05) is 0 Å². The number of hydrogen-bond acceptors (Lipinski definition) is 5. The van der Waals surface area contributed by atoms with Gasteiger partial charge in [0, 0.05) is 10.5 Å². The minimum Gasteiger partial charge on any atom is -0.496 e. The van der Waals surface area contributed by atoms with Crippen molar-refractivity contribution in [2.75, 3.05) is 13.7 Å². The van der Waals surface area contributed by atoms with Gasteiger partial charge in [-0.2, -0.15) is 0 Å². The molecule has 1 aromatic rings. The van der Waals surface area contributed by atoms with Crippen molar-refractivity contribution in [3.05, 3.63) is 39.9 Å². The molecule has 0 heterocycles. The van der Waals surface area contributed by atoms with Crippen molar-refractivity contribution < 1.29 is 19.2 Å². The second-order valence-electron chi connectivity index (χ2n) is 5.46. The van der Waals surface area contributed by atoms with Crippen molar-refractivity contribution in [3.63, 3.8) is 0 Å². The van der Waals surface area contributed by atoms with Crippen LogP contribution in [0.5, 0.6) is 5.75 Å². The van der Waals surface area contributed by atoms with Crippen molar-refractivity contribution >= 4 is 6.09 Å². The highest BCUT2D eigenvalue weighted by Crippen LogP contribution is 2.25. The monoisotopic (exact) mass is 296 g/mol. The number of nitro groups is 1. The SMILES string of the molecule is COc1ccccc1[C@@H](C[N+](=O)[O-])NC(=O)OC(C)(C)C. The zero-order valence-corrected chi connectivity index (χ0v) is 12.6. The van der Waals surface area contributed by atoms with Crippen LogP contribution in [0.4, 0.5) is 4.79 Å². The summed E-state index contributed by atoms with van der Waals surface area (Å²) in [7, 11) is 1.47. The predicted molar refractivity (Wildman–Crippen MR) is 77.0 cm³/mol. The molecule has 0 spiro atoms. The third-order valence-corrected chi connectivity index (χ3v) is 2.54. The summed E-state index contributed by atoms with van der Waals surface area (Å²) in [4.78, 5) is 22.2. The van der Waals surface area contributed by atoms with Crippen molar-refractivity contribution in [2.24, 2.45) is 0 Å². The number of hydrogen-bond donors (Lipinski definition) is 1. The van der Waals surface area contributed by atoms with Crippen molar-refractivity contribution in [3.8, 4) is 5.75 Å². The Hall–Kier alpha value is -2.31. The van der Waals surface area contributed by atoms with Crippen LogP contribution in [0.1, 0.15) is 32.4 Å². The molecular weight excluding hydrogens is 276 g/mol. The Labute approximate surface area is 123 Å². The molecule has 0 unspecified atom stereocenters. The standard InChI is InChI=1S/C14H20N2O5/c1-14(2,3)21-13(17)15-11(9-16(18)19)10-7-5-6-8-12(10)20-4/h5-8,11H,9H2,1-4H3,(H,15,17)/t11-/m1/s1. The number of nitrogens with one attached hydrogen (secondary N) is 1. The van der Waals surface area contributed by atoms with Gasteiger partial charge in [0.25, 0.3) is 0 Å². The number of ether oxygens (including phenoxy) is 2. The molecule has 0 aliphatic carbocycles. The molecule has 0 fully saturated rings. The lowest BCUT2D eigenvalue weighted by Gasteiger charge is -2.23. The highest BCUT2D eigenvalue weighted by molar-refractivity contribution is 5.68. The molecule has 0 aliphatic rings. The zero-order chi connectivity index (χ0) is 16.0. The summed E-state index contributed by atoms with van der Waals surface area (Å²) in [6.07, 6.45) is -0.708. The molecule has 1 rings (SSSR count). The molecule has 1 amide bonds. The maximum atomic E-state index is 11.8. The molecule has 0 aliphatic heterocycles. The third-order valence-electron chi connectivity index (χ3n) is 2.54. The van der Waals surface area contributed by atoms with Crippen LogP contribution < -0.4 is 10.1 Å². The van der Waals surface area contributed by atoms with E-state index in [2.05, 4.69) is 5.32 Å². The topological polar surface area (TPSA) is 90.7 Å². The quantitative estimate of drug-likeness (QED) is 0.666. The lowest BCUT2D eigenvalue weighted by Crippen LogP contribution is -2.37. The van der Waals surface area contributed by atoms with Gasteiger partial charge in [-0.05, 0) is 26.8 Å². The van der Waals surface area contributed by atoms with Crippen LogP contribution in [0.15, 0.2) is 24.3 Å². The molecule has 116 valence electrons. The number of carbonyl (C=O) groups excluding carboxylic acids is 1. The van der Waals surface area contributed by atoms with Gasteiger partial charge in [-0.15, -0.1) is 0 Å². The molecule has 1 atom stereocenters. The van der Waals surface area contributed by atoms with E-state index in [0.29, 0.717) is 11.3 Å². The third kappa shape index (κ3) is 5.68. The van der Waals surface area contributed by atoms with Crippen LogP contribution in [0, 0.1) is 10.1 Å². The van der Waals surface area contributed by atoms with E-state index < -0.39 is 29.2 Å². The summed E-state index contributed by atoms with van der Waals surface area (Å²) in [6.45, 7) is 4.70. The Balaban J connectivity index is 2.95. The van der Waals surface area contributed by atoms with Gasteiger partial charge in [-0.1, -0.05) is 18.2 Å². The van der Waals surface area contributed by atoms with E-state index in [9.17, 15) is 14.9 Å². The largest absolute Gasteiger partial charge is 0.496 e. The fraction of sp³-hybridized carbons (Fsp3) is 0.500. The van der Waals surface area contributed by atoms with E-state index in [4.69, 9.17) is 9.47 Å². The van der Waals surface area contributed by atoms with Gasteiger partial charge in [0.2, 0.25) is 6.54 Å². The predicted octanol–water partition coefficient (Wildman–Crippen LogP) is 2.54. The Morgan fingerprint density at radius 2 is 2.00 bits per heavy atom. The van der Waals surface area contributed by atoms with E-state index in [-0.39, 0.29) is 0 Å². The minimum atomic E-state index is -0.828. The number of benzene rings is 1. The first-order valence-electron chi connectivity index (χ1n) is 6.47. The van der Waals surface area contributed by atoms with Crippen molar-refractivity contribution in [2.45, 2.75) is 32.4 Å². The van der Waals surface area contributed by atoms with Crippen LogP contribution in [-0.2, 0) is 4.74 Å². The summed E-state index contributed by atoms with van der Waals surface area (Å²) in [5.74, 6) is 0.473. The Morgan fingerprint density at radius 1 is 1.38 bits per heavy atom. The van der Waals surface area contributed by atoms with Gasteiger partial charge in [-0.25, -0.2) is 4.79 Å². The maximum Gasteiger partial charge on any atom is 0.408 e. The van der Waals surface area contributed by atoms with Crippen molar-refractivity contribution in [1.82, 2.24) is 5.32 Å². The normalized spacial score (nSPS) is 12.4. The summed E-state index contributed by atoms with van der Waals surface area (Å²) >= 11 is 0. The molecule has 0 bridgehead atoms. The van der Waals surface area contributed by atoms with E-state index in [0.717, 1.165) is 0 Å². The fourth-order valence-corrected chi connectivity index (χ4v) is 1.77. The second-order valence-corrected chi connectivity index (χ2v) is 5.46. The van der Waals surface area contributed by atoms with Gasteiger partial charge in [0.1, 0.15) is 17.4 Å². The lowest BCUT2D eigenvalue weighted by molar-refractivity contribution is -0.484. The first-order chi connectivity index (χ1) is 9.73. The highest BCUT2D eigenvalue weighted by atomic mass is 16.6. The first-order valence-corrected chi connectivity index (χ1v) is 6.47. The van der Waals surface area contributed by atoms with Crippen LogP contribution >= 0.6 is 0 Å². The number of methoxy groups -OCH3 is 1. The zero-order valence-electron chi connectivity index (χ0n) is 12.6. The molecule has 7 heteroatoms. The number of amides is 1. The molecule has 7 nitrogen and oxygen atoms in total. The van der Waals surface area contributed by atoms with Crippen LogP contribution in [0.2, 0.25) is 0 Å². The summed E-state index contributed by atoms with van der Waals surface area (Å²) < 4.78 is 10.3. The molecule has 0 saturated heterocycles. The molecule has 0 radical (unpaired) electrons. The molecule has 1 N–H and O–H groups in total. The van der Waals surface area contributed by atoms with Crippen LogP contribution in [0.25, 0.3) is 0 Å². The fourth-order valence-electron chi connectivity index (χ4n) is 1.77. The van der Waals surface area contributed by atoms with Gasteiger partial charge in [0.05, 0.1) is 7.11 Å². The Morgan fingerprint density at radius 3 is 2.52 bits per heavy atom. The molecule has 0 saturated carbocycles. The molecule has 0 aromatic heterocycles. The smallest absolute Gasteiger partial charge is 0.408 e. The molecule has 21 heavy (non-hydrogen) atoms. The van der Waals surface area contributed by atoms with E-state index in [1.54, 1.807) is 45.0 Å². The number of para-hydroxylation sites is 1. The molecule has 1 aromatic carbocycles. The maximum absolute atomic E-state index is 11.8. The summed E-state index contributed by atoms with van der Waals surface area (Å²) in [6, 6.07) is 6.00. The summed E-state index contributed by atoms with van der Waals surface area (Å²) in [5.41, 5.74) is -0.146. The van der Waals surface area contributed by atoms with E-state index in [1.165, 1.54) is 7.11 Å². The number of carbonyl (C=O) groups is 1. The van der Waals surface area contributed by atoms with Crippen LogP contribution in [-0.4, -0.2) is 30.3 Å². The average Bonchev–Trinajstić information content (AvgIpc) is 2.35. The lowest BCUT2D eigenvalue weighted by atomic mass is 10.1. The van der Waals surface area contributed by atoms with Crippen LogP contribution in [0.3, 0.4) is 0 Å². The van der Waals surface area contributed by atoms with Gasteiger partial charge < -0.3 is 14.8 Å². The van der Waals surface area contributed by atoms with Crippen molar-refractivity contribution in [1.29, 1.82) is 0 Å². The minimum absolute atomic E-state index is 0.459. The first kappa shape index (κ1) is 16.7. The van der Waals surface area contributed by atoms with E-state index >= 15 is 0 Å². The number of rotatable bonds is 5. The Kier molecular flexibility index (Phi) is 5.52. The number of alkyl carbamates (subject to hydrolysis) is 1. The average molecular weight is 296 g/mol. The Bertz CT molecular complexity index is 510.